The van der Waals surface area contributed by atoms with E-state index in [2.05, 4.69) is 12.1 Å². The molecule has 0 aliphatic rings. The van der Waals surface area contributed by atoms with Crippen molar-refractivity contribution in [1.29, 1.82) is 0 Å². The standard InChI is InChI=1S/B9S/c1-5-8(4)9(6-10)7(2)3. The van der Waals surface area contributed by atoms with Crippen LogP contribution in [0.25, 0.3) is 0 Å². The van der Waals surface area contributed by atoms with Crippen LogP contribution in [-0.2, 0) is 0 Å². The van der Waals surface area contributed by atoms with Crippen LogP contribution in [-0.4, -0.2) is 63.2 Å². The summed E-state index contributed by atoms with van der Waals surface area (Å²) in [5, 5.41) is 0. The van der Waals surface area contributed by atoms with Crippen molar-refractivity contribution in [3.63, 3.8) is 0 Å². The molecule has 0 rings (SSSR count). The van der Waals surface area contributed by atoms with Crippen molar-refractivity contribution in [3.8, 4) is 0 Å². The molecule has 0 aromatic carbocycles. The molecule has 0 spiro atoms. The first-order chi connectivity index (χ1) is 4.63. The first-order valence-corrected chi connectivity index (χ1v) is 3.37. The average molecular weight is 129 g/mol. The third kappa shape index (κ3) is 3.27. The summed E-state index contributed by atoms with van der Waals surface area (Å²) in [6, 6.07) is 1.44. The fourth-order valence-corrected chi connectivity index (χ4v) is 0.929. The summed E-state index contributed by atoms with van der Waals surface area (Å²) in [4.78, 5) is 0. The molecule has 0 saturated carbocycles. The molecule has 33 valence electrons. The third-order valence-electron chi connectivity index (χ3n) is 1.27. The molecule has 9 radical (unpaired) electrons. The predicted octanol–water partition coefficient (Wildman–Crippen LogP) is -2.78. The molecule has 0 atom stereocenters. The van der Waals surface area contributed by atoms with Crippen molar-refractivity contribution in [2.24, 2.45) is 0 Å². The molecule has 0 heterocycles. The zero-order valence-corrected chi connectivity index (χ0v) is 6.42. The van der Waals surface area contributed by atoms with Crippen molar-refractivity contribution in [3.05, 3.63) is 0 Å². The number of rotatable bonds is 4. The van der Waals surface area contributed by atoms with Gasteiger partial charge in [-0.25, -0.2) is 0 Å². The van der Waals surface area contributed by atoms with Crippen LogP contribution in [0.1, 0.15) is 0 Å². The van der Waals surface area contributed by atoms with Crippen LogP contribution in [0.15, 0.2) is 0 Å². The molecule has 0 nitrogen and oxygen atoms in total. The number of hydrogen-bond acceptors (Lipinski definition) is 1. The molecule has 0 aromatic rings. The van der Waals surface area contributed by atoms with Gasteiger partial charge in [0.15, 0.2) is 0 Å². The van der Waals surface area contributed by atoms with Crippen molar-refractivity contribution >= 4 is 75.3 Å². The summed E-state index contributed by atoms with van der Waals surface area (Å²) in [6.07, 6.45) is -1.11. The molecule has 0 fully saturated rings. The molecule has 0 unspecified atom stereocenters. The summed E-state index contributed by atoms with van der Waals surface area (Å²) < 4.78 is 0. The first-order valence-electron chi connectivity index (χ1n) is 2.90. The summed E-state index contributed by atoms with van der Waals surface area (Å²) in [6.45, 7) is 0. The van der Waals surface area contributed by atoms with Gasteiger partial charge in [-0.05, 0) is 0 Å². The monoisotopic (exact) mass is 131 g/mol. The van der Waals surface area contributed by atoms with E-state index in [0.29, 0.717) is 0 Å². The summed E-state index contributed by atoms with van der Waals surface area (Å²) in [5.41, 5.74) is 0. The Labute approximate surface area is 75.5 Å². The molecule has 10 heteroatoms. The van der Waals surface area contributed by atoms with Gasteiger partial charge in [0.2, 0.25) is 0 Å². The van der Waals surface area contributed by atoms with E-state index in [-0.39, 0.29) is 12.8 Å². The molecular formula is B9S. The summed E-state index contributed by atoms with van der Waals surface area (Å²) >= 11 is 4.65. The SMILES string of the molecule is [B][B]B([B])B(B=S)B([B])[B]. The van der Waals surface area contributed by atoms with Gasteiger partial charge in [0, 0.05) is 0 Å². The van der Waals surface area contributed by atoms with E-state index in [1.807, 2.05) is 0 Å². The van der Waals surface area contributed by atoms with Gasteiger partial charge < -0.3 is 0 Å². The van der Waals surface area contributed by atoms with E-state index in [0.717, 1.165) is 0 Å². The minimum atomic E-state index is -0.535. The molecule has 0 aliphatic heterocycles. The summed E-state index contributed by atoms with van der Waals surface area (Å²) in [5.74, 6) is 0. The number of hydrogen-bond donors (Lipinski definition) is 0. The average Bonchev–Trinajstić information content (AvgIpc) is 1.88. The van der Waals surface area contributed by atoms with E-state index in [1.54, 1.807) is 0 Å². The maximum atomic E-state index is 5.49. The van der Waals surface area contributed by atoms with Crippen molar-refractivity contribution in [2.75, 3.05) is 0 Å². The van der Waals surface area contributed by atoms with Gasteiger partial charge in [0.05, 0.1) is 0 Å². The van der Waals surface area contributed by atoms with Crippen LogP contribution in [0.3, 0.4) is 0 Å². The molecule has 0 saturated heterocycles. The molecular weight excluding hydrogens is 129 g/mol. The second-order valence-corrected chi connectivity index (χ2v) is 2.33. The molecule has 0 bridgehead atoms. The van der Waals surface area contributed by atoms with Gasteiger partial charge in [-0.15, -0.1) is 0 Å². The normalized spacial score (nSPS) is 7.60. The zero-order chi connectivity index (χ0) is 8.15. The van der Waals surface area contributed by atoms with Gasteiger partial charge in [-0.2, -0.15) is 0 Å². The summed E-state index contributed by atoms with van der Waals surface area (Å²) in [7, 11) is 22.7. The van der Waals surface area contributed by atoms with Crippen molar-refractivity contribution < 1.29 is 0 Å². The Morgan fingerprint density at radius 1 is 1.20 bits per heavy atom. The van der Waals surface area contributed by atoms with E-state index in [4.69, 9.17) is 30.9 Å². The Morgan fingerprint density at radius 2 is 1.70 bits per heavy atom. The first kappa shape index (κ1) is 10.8. The Bertz CT molecular complexity index is 96.9. The quantitative estimate of drug-likeness (QED) is 0.370. The van der Waals surface area contributed by atoms with Crippen LogP contribution in [0, 0.1) is 0 Å². The van der Waals surface area contributed by atoms with E-state index < -0.39 is 6.39 Å². The van der Waals surface area contributed by atoms with Gasteiger partial charge in [0.25, 0.3) is 0 Å². The molecule has 0 aromatic heterocycles. The third-order valence-corrected chi connectivity index (χ3v) is 1.58. The van der Waals surface area contributed by atoms with Crippen LogP contribution in [0.5, 0.6) is 0 Å². The minimum absolute atomic E-state index is 0.222. The van der Waals surface area contributed by atoms with Gasteiger partial charge in [-0.1, -0.05) is 0 Å². The molecule has 0 amide bonds. The Hall–Kier alpha value is 0.804. The fraction of sp³-hybridized carbons (Fsp3) is 0. The fourth-order valence-electron chi connectivity index (χ4n) is 0.566. The van der Waals surface area contributed by atoms with E-state index in [9.17, 15) is 0 Å². The van der Waals surface area contributed by atoms with Crippen molar-refractivity contribution in [1.82, 2.24) is 0 Å². The second-order valence-electron chi connectivity index (χ2n) is 2.06. The van der Waals surface area contributed by atoms with Crippen LogP contribution in [0.2, 0.25) is 0 Å². The van der Waals surface area contributed by atoms with Gasteiger partial charge in [0.1, 0.15) is 0 Å². The Balaban J connectivity index is 3.92. The zero-order valence-electron chi connectivity index (χ0n) is 5.60. The molecule has 0 N–H and O–H groups in total. The van der Waals surface area contributed by atoms with Gasteiger partial charge >= 0.3 is 75.3 Å². The van der Waals surface area contributed by atoms with Crippen LogP contribution < -0.4 is 0 Å². The Kier molecular flexibility index (Phi) is 5.89. The maximum absolute atomic E-state index is 5.49. The van der Waals surface area contributed by atoms with Crippen LogP contribution >= 0.6 is 12.1 Å². The Morgan fingerprint density at radius 3 is 1.80 bits per heavy atom. The topological polar surface area (TPSA) is 0 Å². The predicted molar refractivity (Wildman–Crippen MR) is 59.4 cm³/mol. The molecule has 0 aliphatic carbocycles. The second kappa shape index (κ2) is 5.45. The van der Waals surface area contributed by atoms with E-state index in [1.165, 1.54) is 13.1 Å². The molecule has 10 heavy (non-hydrogen) atoms. The van der Waals surface area contributed by atoms with Crippen molar-refractivity contribution in [2.45, 2.75) is 0 Å². The van der Waals surface area contributed by atoms with Crippen LogP contribution in [0.4, 0.5) is 0 Å². The van der Waals surface area contributed by atoms with E-state index >= 15 is 0 Å². The van der Waals surface area contributed by atoms with Gasteiger partial charge in [-0.3, -0.25) is 0 Å².